The van der Waals surface area contributed by atoms with E-state index in [1.54, 1.807) is 47.7 Å². The third kappa shape index (κ3) is 5.48. The number of aromatic nitrogens is 4. The normalized spacial score (nSPS) is 15.8. The van der Waals surface area contributed by atoms with Crippen LogP contribution in [0.25, 0.3) is 22.3 Å². The number of anilines is 1. The number of halogens is 1. The van der Waals surface area contributed by atoms with Crippen LogP contribution in [0.1, 0.15) is 26.7 Å². The predicted molar refractivity (Wildman–Crippen MR) is 148 cm³/mol. The molecule has 1 atom stereocenters. The second kappa shape index (κ2) is 10.7. The van der Waals surface area contributed by atoms with Gasteiger partial charge in [-0.15, -0.1) is 0 Å². The lowest BCUT2D eigenvalue weighted by molar-refractivity contribution is -0.127. The number of carbonyl (C=O) groups excluding carboxylic acids is 1. The molecule has 5 rings (SSSR count). The highest BCUT2D eigenvalue weighted by Gasteiger charge is 2.33. The summed E-state index contributed by atoms with van der Waals surface area (Å²) in [7, 11) is 0. The van der Waals surface area contributed by atoms with Crippen LogP contribution in [0, 0.1) is 17.1 Å². The Morgan fingerprint density at radius 1 is 1.23 bits per heavy atom. The molecule has 1 aliphatic heterocycles. The minimum Gasteiger partial charge on any atom is -0.457 e. The van der Waals surface area contributed by atoms with Gasteiger partial charge in [0.15, 0.2) is 5.65 Å². The Kier molecular flexibility index (Phi) is 7.19. The van der Waals surface area contributed by atoms with Crippen molar-refractivity contribution in [3.8, 4) is 28.8 Å². The van der Waals surface area contributed by atoms with E-state index in [-0.39, 0.29) is 41.1 Å². The molecule has 10 nitrogen and oxygen atoms in total. The van der Waals surface area contributed by atoms with Gasteiger partial charge >= 0.3 is 0 Å². The molecule has 4 N–H and O–H groups in total. The van der Waals surface area contributed by atoms with Crippen molar-refractivity contribution in [3.05, 3.63) is 72.3 Å². The summed E-state index contributed by atoms with van der Waals surface area (Å²) in [5, 5.41) is 14.7. The molecule has 2 aromatic heterocycles. The maximum absolute atomic E-state index is 15.4. The van der Waals surface area contributed by atoms with Crippen molar-refractivity contribution in [2.75, 3.05) is 12.3 Å². The fourth-order valence-electron chi connectivity index (χ4n) is 4.88. The number of benzene rings is 2. The predicted octanol–water partition coefficient (Wildman–Crippen LogP) is 4.19. The topological polar surface area (TPSA) is 149 Å². The molecular formula is C29H29FN8O2. The minimum atomic E-state index is -0.816. The molecule has 11 heteroatoms. The van der Waals surface area contributed by atoms with Gasteiger partial charge in [-0.25, -0.2) is 19.0 Å². The number of hydrogen-bond donors (Lipinski definition) is 2. The van der Waals surface area contributed by atoms with Crippen molar-refractivity contribution >= 4 is 22.8 Å². The summed E-state index contributed by atoms with van der Waals surface area (Å²) >= 11 is 0. The molecule has 0 saturated carbocycles. The van der Waals surface area contributed by atoms with Gasteiger partial charge in [0.1, 0.15) is 46.8 Å². The smallest absolute Gasteiger partial charge is 0.264 e. The van der Waals surface area contributed by atoms with Crippen molar-refractivity contribution < 1.29 is 13.9 Å². The van der Waals surface area contributed by atoms with Crippen molar-refractivity contribution in [1.29, 1.82) is 5.26 Å². The van der Waals surface area contributed by atoms with E-state index >= 15 is 4.39 Å². The quantitative estimate of drug-likeness (QED) is 0.262. The Labute approximate surface area is 230 Å². The summed E-state index contributed by atoms with van der Waals surface area (Å²) < 4.78 is 22.8. The Morgan fingerprint density at radius 3 is 2.70 bits per heavy atom. The highest BCUT2D eigenvalue weighted by molar-refractivity contribution is 5.99. The molecule has 1 amide bonds. The van der Waals surface area contributed by atoms with Gasteiger partial charge in [0.25, 0.3) is 5.91 Å². The summed E-state index contributed by atoms with van der Waals surface area (Å²) in [5.74, 6) is 0.155. The number of para-hydroxylation sites is 1. The molecule has 1 fully saturated rings. The van der Waals surface area contributed by atoms with Crippen LogP contribution in [-0.2, 0) is 11.3 Å². The molecule has 40 heavy (non-hydrogen) atoms. The number of amides is 1. The lowest BCUT2D eigenvalue weighted by Gasteiger charge is -2.25. The molecule has 4 aromatic rings. The first kappa shape index (κ1) is 26.8. The molecule has 0 aliphatic carbocycles. The van der Waals surface area contributed by atoms with Crippen LogP contribution in [0.5, 0.6) is 11.5 Å². The van der Waals surface area contributed by atoms with Gasteiger partial charge in [0.2, 0.25) is 0 Å². The van der Waals surface area contributed by atoms with Gasteiger partial charge in [-0.3, -0.25) is 4.79 Å². The van der Waals surface area contributed by atoms with E-state index in [1.165, 1.54) is 18.5 Å². The lowest BCUT2D eigenvalue weighted by atomic mass is 10.0. The van der Waals surface area contributed by atoms with Crippen molar-refractivity contribution in [1.82, 2.24) is 24.6 Å². The van der Waals surface area contributed by atoms with Gasteiger partial charge in [0, 0.05) is 23.7 Å². The molecule has 0 unspecified atom stereocenters. The van der Waals surface area contributed by atoms with E-state index in [9.17, 15) is 10.1 Å². The maximum atomic E-state index is 15.4. The Bertz CT molecular complexity index is 1640. The molecule has 0 bridgehead atoms. The fourth-order valence-corrected chi connectivity index (χ4v) is 4.88. The monoisotopic (exact) mass is 540 g/mol. The highest BCUT2D eigenvalue weighted by atomic mass is 19.1. The average Bonchev–Trinajstić information content (AvgIpc) is 3.53. The van der Waals surface area contributed by atoms with Crippen molar-refractivity contribution in [2.45, 2.75) is 44.8 Å². The van der Waals surface area contributed by atoms with Gasteiger partial charge in [-0.1, -0.05) is 18.2 Å². The number of likely N-dealkylation sites (tertiary alicyclic amines) is 1. The SMILES string of the molecule is CC(C)(N)/C=C(/C#N)C(=O)N1CCC[C@@H]1Cn1nc(-c2ccc(Oc3ccccc3)cc2F)c2c(N)ncnc21. The number of fused-ring (bicyclic) bond motifs is 1. The number of hydrogen-bond acceptors (Lipinski definition) is 8. The molecule has 1 aliphatic rings. The van der Waals surface area contributed by atoms with E-state index in [4.69, 9.17) is 21.3 Å². The maximum Gasteiger partial charge on any atom is 0.264 e. The molecule has 2 aromatic carbocycles. The Morgan fingerprint density at radius 2 is 2.00 bits per heavy atom. The Balaban J connectivity index is 1.48. The van der Waals surface area contributed by atoms with E-state index in [1.807, 2.05) is 24.3 Å². The minimum absolute atomic E-state index is 0.00290. The fraction of sp³-hybridized carbons (Fsp3) is 0.276. The summed E-state index contributed by atoms with van der Waals surface area (Å²) in [5.41, 5.74) is 12.3. The van der Waals surface area contributed by atoms with Crippen LogP contribution in [0.3, 0.4) is 0 Å². The van der Waals surface area contributed by atoms with Gasteiger partial charge in [-0.05, 0) is 57.0 Å². The molecule has 3 heterocycles. The average molecular weight is 541 g/mol. The number of ether oxygens (including phenoxy) is 1. The number of nitrogens with zero attached hydrogens (tertiary/aromatic N) is 6. The molecular weight excluding hydrogens is 511 g/mol. The lowest BCUT2D eigenvalue weighted by Crippen LogP contribution is -2.40. The third-order valence-electron chi connectivity index (χ3n) is 6.62. The zero-order chi connectivity index (χ0) is 28.4. The highest BCUT2D eigenvalue weighted by Crippen LogP contribution is 2.35. The summed E-state index contributed by atoms with van der Waals surface area (Å²) in [6, 6.07) is 15.3. The first-order valence-corrected chi connectivity index (χ1v) is 12.9. The molecule has 1 saturated heterocycles. The Hall–Kier alpha value is -4.82. The van der Waals surface area contributed by atoms with Crippen LogP contribution in [0.4, 0.5) is 10.2 Å². The summed E-state index contributed by atoms with van der Waals surface area (Å²) in [6.07, 6.45) is 4.27. The largest absolute Gasteiger partial charge is 0.457 e. The number of nitrogen functional groups attached to an aromatic ring is 1. The van der Waals surface area contributed by atoms with Crippen LogP contribution in [0.15, 0.2) is 66.5 Å². The number of nitrogens with two attached hydrogens (primary N) is 2. The van der Waals surface area contributed by atoms with Gasteiger partial charge < -0.3 is 21.1 Å². The van der Waals surface area contributed by atoms with Crippen LogP contribution in [-0.4, -0.2) is 48.7 Å². The molecule has 0 spiro atoms. The van der Waals surface area contributed by atoms with Crippen LogP contribution >= 0.6 is 0 Å². The van der Waals surface area contributed by atoms with Crippen molar-refractivity contribution in [3.63, 3.8) is 0 Å². The zero-order valence-electron chi connectivity index (χ0n) is 22.2. The van der Waals surface area contributed by atoms with Gasteiger partial charge in [0.05, 0.1) is 18.0 Å². The summed E-state index contributed by atoms with van der Waals surface area (Å²) in [6.45, 7) is 4.22. The number of rotatable bonds is 7. The van der Waals surface area contributed by atoms with Crippen LogP contribution < -0.4 is 16.2 Å². The molecule has 0 radical (unpaired) electrons. The third-order valence-corrected chi connectivity index (χ3v) is 6.62. The van der Waals surface area contributed by atoms with E-state index in [2.05, 4.69) is 9.97 Å². The first-order chi connectivity index (χ1) is 19.1. The van der Waals surface area contributed by atoms with Gasteiger partial charge in [-0.2, -0.15) is 10.4 Å². The molecule has 204 valence electrons. The summed E-state index contributed by atoms with van der Waals surface area (Å²) in [4.78, 5) is 23.4. The second-order valence-electron chi connectivity index (χ2n) is 10.3. The second-order valence-corrected chi connectivity index (χ2v) is 10.3. The standard InChI is InChI=1S/C29H29FN8O2/c1-29(2,33)14-18(15-31)28(39)37-12-6-7-19(37)16-38-27-24(26(32)34-17-35-27)25(36-38)22-11-10-21(13-23(22)30)40-20-8-4-3-5-9-20/h3-5,8-11,13-14,17,19H,6-7,12,16,33H2,1-2H3,(H2,32,34,35)/b18-14-/t19-/m1/s1. The first-order valence-electron chi connectivity index (χ1n) is 12.9. The zero-order valence-corrected chi connectivity index (χ0v) is 22.2. The number of carbonyl (C=O) groups is 1. The van der Waals surface area contributed by atoms with Crippen LogP contribution in [0.2, 0.25) is 0 Å². The number of nitriles is 1. The van der Waals surface area contributed by atoms with E-state index < -0.39 is 11.4 Å². The van der Waals surface area contributed by atoms with E-state index in [0.29, 0.717) is 35.5 Å². The van der Waals surface area contributed by atoms with E-state index in [0.717, 1.165) is 6.42 Å². The van der Waals surface area contributed by atoms with Crippen molar-refractivity contribution in [2.24, 2.45) is 5.73 Å².